The van der Waals surface area contributed by atoms with Crippen molar-refractivity contribution < 1.29 is 24.5 Å². The van der Waals surface area contributed by atoms with Crippen LogP contribution in [0.3, 0.4) is 0 Å². The van der Waals surface area contributed by atoms with E-state index in [1.54, 1.807) is 12.1 Å². The number of carboxylic acid groups (broad SMARTS) is 1. The number of para-hydroxylation sites is 1. The molecule has 0 saturated heterocycles. The molecule has 0 saturated carbocycles. The summed E-state index contributed by atoms with van der Waals surface area (Å²) in [6.07, 6.45) is 0.868. The molecule has 0 aromatic heterocycles. The van der Waals surface area contributed by atoms with Crippen LogP contribution < -0.4 is 4.74 Å². The van der Waals surface area contributed by atoms with E-state index >= 15 is 0 Å². The maximum absolute atomic E-state index is 10.9. The first-order chi connectivity index (χ1) is 12.2. The van der Waals surface area contributed by atoms with Crippen LogP contribution in [0.25, 0.3) is 0 Å². The first-order valence-electron chi connectivity index (χ1n) is 7.83. The van der Waals surface area contributed by atoms with Crippen LogP contribution in [0.1, 0.15) is 46.5 Å². The number of phenols is 1. The van der Waals surface area contributed by atoms with Crippen molar-refractivity contribution in [1.29, 1.82) is 0 Å². The van der Waals surface area contributed by atoms with E-state index in [0.717, 1.165) is 12.0 Å². The Labute approximate surface area is 162 Å². The van der Waals surface area contributed by atoms with Gasteiger partial charge in [0, 0.05) is 5.56 Å². The maximum atomic E-state index is 10.9. The second-order valence-electron chi connectivity index (χ2n) is 5.45. The van der Waals surface area contributed by atoms with Crippen LogP contribution in [0.5, 0.6) is 11.5 Å². The highest BCUT2D eigenvalue weighted by Gasteiger charge is 2.12. The highest BCUT2D eigenvalue weighted by atomic mass is 35.5. The monoisotopic (exact) mass is 398 g/mol. The van der Waals surface area contributed by atoms with E-state index < -0.39 is 5.97 Å². The van der Waals surface area contributed by atoms with E-state index in [9.17, 15) is 9.59 Å². The number of carboxylic acids is 1. The molecule has 0 amide bonds. The average Bonchev–Trinajstić information content (AvgIpc) is 2.58. The topological polar surface area (TPSA) is 83.8 Å². The summed E-state index contributed by atoms with van der Waals surface area (Å²) in [6, 6.07) is 7.88. The molecule has 0 heterocycles. The van der Waals surface area contributed by atoms with Gasteiger partial charge in [-0.1, -0.05) is 42.3 Å². The molecule has 0 unspecified atom stereocenters. The van der Waals surface area contributed by atoms with Gasteiger partial charge in [0.05, 0.1) is 16.7 Å². The lowest BCUT2D eigenvalue weighted by Crippen LogP contribution is -2.05. The second kappa shape index (κ2) is 10.0. The summed E-state index contributed by atoms with van der Waals surface area (Å²) in [5.41, 5.74) is 1.49. The van der Waals surface area contributed by atoms with Gasteiger partial charge in [-0.05, 0) is 44.0 Å². The third-order valence-electron chi connectivity index (χ3n) is 3.32. The number of ether oxygens (including phenoxy) is 1. The number of benzene rings is 2. The number of carbonyl (C=O) groups is 2. The molecule has 2 aromatic rings. The molecule has 7 heteroatoms. The van der Waals surface area contributed by atoms with Crippen molar-refractivity contribution in [3.8, 4) is 11.5 Å². The molecule has 0 aliphatic rings. The van der Waals surface area contributed by atoms with E-state index in [1.165, 1.54) is 19.1 Å². The van der Waals surface area contributed by atoms with Gasteiger partial charge in [-0.15, -0.1) is 0 Å². The Morgan fingerprint density at radius 1 is 1.15 bits per heavy atom. The SMILES string of the molecule is CC(=O)c1cc(Cl)c(O)c(Cl)c1.CCCOc1c(C)cccc1C(=O)O. The Bertz CT molecular complexity index is 780. The van der Waals surface area contributed by atoms with E-state index in [4.69, 9.17) is 38.2 Å². The second-order valence-corrected chi connectivity index (χ2v) is 6.26. The number of carbonyl (C=O) groups excluding carboxylic acids is 1. The van der Waals surface area contributed by atoms with Gasteiger partial charge in [0.15, 0.2) is 11.5 Å². The Morgan fingerprint density at radius 3 is 2.19 bits per heavy atom. The number of Topliss-reactive ketones (excluding diaryl/α,β-unsaturated/α-hetero) is 1. The fraction of sp³-hybridized carbons (Fsp3) is 0.263. The zero-order valence-electron chi connectivity index (χ0n) is 14.7. The number of ketones is 1. The summed E-state index contributed by atoms with van der Waals surface area (Å²) in [5, 5.41) is 18.2. The molecule has 2 aromatic carbocycles. The molecule has 0 aliphatic heterocycles. The van der Waals surface area contributed by atoms with Crippen LogP contribution in [0.2, 0.25) is 10.0 Å². The number of hydrogen-bond acceptors (Lipinski definition) is 4. The minimum Gasteiger partial charge on any atom is -0.505 e. The number of phenolic OH excluding ortho intramolecular Hbond substituents is 1. The van der Waals surface area contributed by atoms with Crippen molar-refractivity contribution in [1.82, 2.24) is 0 Å². The number of halogens is 2. The molecule has 0 spiro atoms. The standard InChI is InChI=1S/C11H14O3.C8H6Cl2O2/c1-3-7-14-10-8(2)5-4-6-9(10)11(12)13;1-4(11)5-2-6(9)8(12)7(10)3-5/h4-6H,3,7H2,1-2H3,(H,12,13);2-3,12H,1H3. The third-order valence-corrected chi connectivity index (χ3v) is 3.89. The van der Waals surface area contributed by atoms with Gasteiger partial charge >= 0.3 is 5.97 Å². The smallest absolute Gasteiger partial charge is 0.339 e. The molecule has 0 bridgehead atoms. The molecule has 0 atom stereocenters. The van der Waals surface area contributed by atoms with E-state index in [1.807, 2.05) is 19.9 Å². The van der Waals surface area contributed by atoms with E-state index in [0.29, 0.717) is 17.9 Å². The average molecular weight is 399 g/mol. The molecule has 2 N–H and O–H groups in total. The summed E-state index contributed by atoms with van der Waals surface area (Å²) in [5.74, 6) is -0.788. The minimum atomic E-state index is -0.945. The van der Waals surface area contributed by atoms with Gasteiger partial charge in [0.1, 0.15) is 11.3 Å². The van der Waals surface area contributed by atoms with Gasteiger partial charge < -0.3 is 14.9 Å². The number of aromatic hydroxyl groups is 1. The largest absolute Gasteiger partial charge is 0.505 e. The Balaban J connectivity index is 0.000000263. The maximum Gasteiger partial charge on any atom is 0.339 e. The Kier molecular flexibility index (Phi) is 8.42. The van der Waals surface area contributed by atoms with Gasteiger partial charge in [0.2, 0.25) is 0 Å². The Hall–Kier alpha value is -2.24. The lowest BCUT2D eigenvalue weighted by molar-refractivity contribution is 0.0691. The number of rotatable bonds is 5. The van der Waals surface area contributed by atoms with Crippen molar-refractivity contribution in [2.45, 2.75) is 27.2 Å². The normalized spacial score (nSPS) is 9.88. The van der Waals surface area contributed by atoms with Crippen LogP contribution in [-0.4, -0.2) is 28.6 Å². The van der Waals surface area contributed by atoms with Gasteiger partial charge in [-0.3, -0.25) is 4.79 Å². The molecule has 0 radical (unpaired) electrons. The van der Waals surface area contributed by atoms with E-state index in [2.05, 4.69) is 0 Å². The van der Waals surface area contributed by atoms with Crippen LogP contribution in [0.15, 0.2) is 30.3 Å². The summed E-state index contributed by atoms with van der Waals surface area (Å²) < 4.78 is 5.40. The molecular weight excluding hydrogens is 379 g/mol. The third kappa shape index (κ3) is 5.93. The van der Waals surface area contributed by atoms with E-state index in [-0.39, 0.29) is 27.1 Å². The summed E-state index contributed by atoms with van der Waals surface area (Å²) >= 11 is 11.2. The van der Waals surface area contributed by atoms with Crippen molar-refractivity contribution >= 4 is 35.0 Å². The molecule has 5 nitrogen and oxygen atoms in total. The number of aryl methyl sites for hydroxylation is 1. The quantitative estimate of drug-likeness (QED) is 0.660. The summed E-state index contributed by atoms with van der Waals surface area (Å²) in [7, 11) is 0. The molecule has 140 valence electrons. The first kappa shape index (κ1) is 21.8. The molecule has 0 fully saturated rings. The van der Waals surface area contributed by atoms with Gasteiger partial charge in [-0.25, -0.2) is 4.79 Å². The Morgan fingerprint density at radius 2 is 1.73 bits per heavy atom. The molecule has 26 heavy (non-hydrogen) atoms. The molecule has 0 aliphatic carbocycles. The number of aromatic carboxylic acids is 1. The predicted octanol–water partition coefficient (Wildman–Crippen LogP) is 5.38. The summed E-state index contributed by atoms with van der Waals surface area (Å²) in [4.78, 5) is 21.7. The zero-order valence-corrected chi connectivity index (χ0v) is 16.2. The summed E-state index contributed by atoms with van der Waals surface area (Å²) in [6.45, 7) is 5.78. The highest BCUT2D eigenvalue weighted by molar-refractivity contribution is 6.37. The zero-order chi connectivity index (χ0) is 19.9. The van der Waals surface area contributed by atoms with Crippen LogP contribution in [0.4, 0.5) is 0 Å². The highest BCUT2D eigenvalue weighted by Crippen LogP contribution is 2.32. The van der Waals surface area contributed by atoms with Crippen molar-refractivity contribution in [3.63, 3.8) is 0 Å². The van der Waals surface area contributed by atoms with Crippen LogP contribution in [-0.2, 0) is 0 Å². The van der Waals surface area contributed by atoms with Crippen LogP contribution >= 0.6 is 23.2 Å². The van der Waals surface area contributed by atoms with Crippen molar-refractivity contribution in [3.05, 3.63) is 57.1 Å². The van der Waals surface area contributed by atoms with Crippen molar-refractivity contribution in [2.24, 2.45) is 0 Å². The first-order valence-corrected chi connectivity index (χ1v) is 8.59. The lowest BCUT2D eigenvalue weighted by atomic mass is 10.1. The number of hydrogen-bond donors (Lipinski definition) is 2. The fourth-order valence-corrected chi connectivity index (χ4v) is 2.47. The fourth-order valence-electron chi connectivity index (χ4n) is 1.99. The van der Waals surface area contributed by atoms with Crippen LogP contribution in [0, 0.1) is 6.92 Å². The molecule has 2 rings (SSSR count). The predicted molar refractivity (Wildman–Crippen MR) is 102 cm³/mol. The van der Waals surface area contributed by atoms with Gasteiger partial charge in [-0.2, -0.15) is 0 Å². The van der Waals surface area contributed by atoms with Crippen molar-refractivity contribution in [2.75, 3.05) is 6.61 Å². The minimum absolute atomic E-state index is 0.0905. The van der Waals surface area contributed by atoms with Gasteiger partial charge in [0.25, 0.3) is 0 Å². The lowest BCUT2D eigenvalue weighted by Gasteiger charge is -2.10. The molecular formula is C19H20Cl2O5.